The van der Waals surface area contributed by atoms with Crippen molar-refractivity contribution in [3.05, 3.63) is 18.2 Å². The predicted molar refractivity (Wildman–Crippen MR) is 78.4 cm³/mol. The van der Waals surface area contributed by atoms with Crippen molar-refractivity contribution in [3.8, 4) is 5.75 Å². The Hall–Kier alpha value is -1.91. The minimum atomic E-state index is 0.0926. The molecule has 0 aliphatic rings. The van der Waals surface area contributed by atoms with Gasteiger partial charge in [-0.15, -0.1) is 0 Å². The van der Waals surface area contributed by atoms with Gasteiger partial charge in [0.1, 0.15) is 5.75 Å². The molecule has 3 N–H and O–H groups in total. The van der Waals surface area contributed by atoms with Crippen LogP contribution in [0.5, 0.6) is 5.75 Å². The Morgan fingerprint density at radius 2 is 2.05 bits per heavy atom. The summed E-state index contributed by atoms with van der Waals surface area (Å²) < 4.78 is 5.61. The smallest absolute Gasteiger partial charge is 0.223 e. The van der Waals surface area contributed by atoms with Gasteiger partial charge in [0.05, 0.1) is 6.10 Å². The van der Waals surface area contributed by atoms with Crippen LogP contribution in [0.1, 0.15) is 20.3 Å². The Kier molecular flexibility index (Phi) is 5.48. The number of nitrogens with two attached hydrogens (primary N) is 1. The third-order valence-corrected chi connectivity index (χ3v) is 2.47. The van der Waals surface area contributed by atoms with Crippen molar-refractivity contribution in [2.24, 2.45) is 0 Å². The summed E-state index contributed by atoms with van der Waals surface area (Å²) in [5.41, 5.74) is 7.32. The molecular formula is C14H23N3O2. The largest absolute Gasteiger partial charge is 0.491 e. The lowest BCUT2D eigenvalue weighted by Gasteiger charge is -2.14. The molecule has 0 aromatic heterocycles. The third-order valence-electron chi connectivity index (χ3n) is 2.47. The molecule has 0 atom stereocenters. The van der Waals surface area contributed by atoms with Gasteiger partial charge in [0.2, 0.25) is 5.91 Å². The van der Waals surface area contributed by atoms with Gasteiger partial charge in [0, 0.05) is 50.6 Å². The summed E-state index contributed by atoms with van der Waals surface area (Å²) >= 11 is 0. The van der Waals surface area contributed by atoms with Crippen LogP contribution in [0.15, 0.2) is 18.2 Å². The Morgan fingerprint density at radius 1 is 1.37 bits per heavy atom. The number of carbonyl (C=O) groups excluding carboxylic acids is 1. The second kappa shape index (κ2) is 6.87. The molecule has 1 aromatic rings. The van der Waals surface area contributed by atoms with Crippen LogP contribution in [-0.4, -0.2) is 37.6 Å². The molecular weight excluding hydrogens is 242 g/mol. The molecule has 19 heavy (non-hydrogen) atoms. The van der Waals surface area contributed by atoms with Crippen molar-refractivity contribution in [2.45, 2.75) is 26.4 Å². The van der Waals surface area contributed by atoms with E-state index in [1.165, 1.54) is 0 Å². The number of amides is 1. The van der Waals surface area contributed by atoms with Crippen molar-refractivity contribution in [1.29, 1.82) is 0 Å². The van der Waals surface area contributed by atoms with Crippen LogP contribution in [0.3, 0.4) is 0 Å². The van der Waals surface area contributed by atoms with Crippen molar-refractivity contribution in [3.63, 3.8) is 0 Å². The highest BCUT2D eigenvalue weighted by Gasteiger charge is 2.05. The number of ether oxygens (including phenoxy) is 1. The average Bonchev–Trinajstić information content (AvgIpc) is 2.26. The van der Waals surface area contributed by atoms with Gasteiger partial charge in [-0.1, -0.05) is 0 Å². The molecule has 0 saturated heterocycles. The Balaban J connectivity index is 2.58. The SMILES string of the molecule is CC(C)Oc1cc(N)cc(NCCC(=O)N(C)C)c1. The summed E-state index contributed by atoms with van der Waals surface area (Å²) in [6.07, 6.45) is 0.548. The van der Waals surface area contributed by atoms with E-state index in [0.29, 0.717) is 18.7 Å². The van der Waals surface area contributed by atoms with Gasteiger partial charge in [-0.2, -0.15) is 0 Å². The highest BCUT2D eigenvalue weighted by atomic mass is 16.5. The fourth-order valence-corrected chi connectivity index (χ4v) is 1.60. The van der Waals surface area contributed by atoms with Crippen molar-refractivity contribution >= 4 is 17.3 Å². The van der Waals surface area contributed by atoms with Crippen LogP contribution in [0, 0.1) is 0 Å². The fourth-order valence-electron chi connectivity index (χ4n) is 1.60. The minimum absolute atomic E-state index is 0.0926. The molecule has 5 nitrogen and oxygen atoms in total. The van der Waals surface area contributed by atoms with Gasteiger partial charge in [-0.25, -0.2) is 0 Å². The van der Waals surface area contributed by atoms with E-state index in [1.807, 2.05) is 26.0 Å². The first-order chi connectivity index (χ1) is 8.88. The highest BCUT2D eigenvalue weighted by molar-refractivity contribution is 5.76. The van der Waals surface area contributed by atoms with Crippen LogP contribution < -0.4 is 15.8 Å². The highest BCUT2D eigenvalue weighted by Crippen LogP contribution is 2.23. The van der Waals surface area contributed by atoms with E-state index in [4.69, 9.17) is 10.5 Å². The van der Waals surface area contributed by atoms with Gasteiger partial charge in [-0.3, -0.25) is 4.79 Å². The van der Waals surface area contributed by atoms with E-state index in [2.05, 4.69) is 5.32 Å². The molecule has 0 aliphatic heterocycles. The Morgan fingerprint density at radius 3 is 2.63 bits per heavy atom. The number of hydrogen-bond acceptors (Lipinski definition) is 4. The summed E-state index contributed by atoms with van der Waals surface area (Å²) in [5, 5.41) is 3.18. The van der Waals surface area contributed by atoms with E-state index in [1.54, 1.807) is 25.1 Å². The summed E-state index contributed by atoms with van der Waals surface area (Å²) in [5.74, 6) is 0.825. The summed E-state index contributed by atoms with van der Waals surface area (Å²) in [6.45, 7) is 4.50. The molecule has 0 unspecified atom stereocenters. The first kappa shape index (κ1) is 15.1. The zero-order valence-electron chi connectivity index (χ0n) is 12.1. The maximum absolute atomic E-state index is 11.4. The number of nitrogen functional groups attached to an aromatic ring is 1. The maximum Gasteiger partial charge on any atom is 0.223 e. The van der Waals surface area contributed by atoms with Crippen LogP contribution in [0.2, 0.25) is 0 Å². The van der Waals surface area contributed by atoms with E-state index >= 15 is 0 Å². The lowest BCUT2D eigenvalue weighted by atomic mass is 10.2. The molecule has 0 saturated carbocycles. The van der Waals surface area contributed by atoms with E-state index in [9.17, 15) is 4.79 Å². The first-order valence-corrected chi connectivity index (χ1v) is 6.39. The molecule has 0 fully saturated rings. The number of anilines is 2. The van der Waals surface area contributed by atoms with Crippen molar-refractivity contribution < 1.29 is 9.53 Å². The molecule has 1 aromatic carbocycles. The number of hydrogen-bond donors (Lipinski definition) is 2. The number of carbonyl (C=O) groups is 1. The fraction of sp³-hybridized carbons (Fsp3) is 0.500. The molecule has 0 bridgehead atoms. The summed E-state index contributed by atoms with van der Waals surface area (Å²) in [4.78, 5) is 13.0. The van der Waals surface area contributed by atoms with E-state index in [0.717, 1.165) is 11.4 Å². The lowest BCUT2D eigenvalue weighted by molar-refractivity contribution is -0.128. The molecule has 106 valence electrons. The van der Waals surface area contributed by atoms with Crippen LogP contribution in [0.25, 0.3) is 0 Å². The van der Waals surface area contributed by atoms with Gasteiger partial charge in [0.25, 0.3) is 0 Å². The minimum Gasteiger partial charge on any atom is -0.491 e. The molecule has 0 spiro atoms. The average molecular weight is 265 g/mol. The quantitative estimate of drug-likeness (QED) is 0.771. The topological polar surface area (TPSA) is 67.6 Å². The predicted octanol–water partition coefficient (Wildman–Crippen LogP) is 1.95. The second-order valence-electron chi connectivity index (χ2n) is 4.92. The zero-order chi connectivity index (χ0) is 14.4. The molecule has 1 amide bonds. The number of nitrogens with one attached hydrogen (secondary N) is 1. The van der Waals surface area contributed by atoms with Gasteiger partial charge >= 0.3 is 0 Å². The third kappa shape index (κ3) is 5.50. The Bertz CT molecular complexity index is 431. The molecule has 5 heteroatoms. The number of rotatable bonds is 6. The van der Waals surface area contributed by atoms with Crippen LogP contribution >= 0.6 is 0 Å². The zero-order valence-corrected chi connectivity index (χ0v) is 12.1. The van der Waals surface area contributed by atoms with Crippen LogP contribution in [-0.2, 0) is 4.79 Å². The maximum atomic E-state index is 11.4. The normalized spacial score (nSPS) is 10.4. The van der Waals surface area contributed by atoms with Crippen molar-refractivity contribution in [2.75, 3.05) is 31.7 Å². The Labute approximate surface area is 114 Å². The molecule has 0 aliphatic carbocycles. The number of nitrogens with zero attached hydrogens (tertiary/aromatic N) is 1. The standard InChI is InChI=1S/C14H23N3O2/c1-10(2)19-13-8-11(15)7-12(9-13)16-6-5-14(18)17(3)4/h7-10,16H,5-6,15H2,1-4H3. The summed E-state index contributed by atoms with van der Waals surface area (Å²) in [6, 6.07) is 5.50. The number of benzene rings is 1. The monoisotopic (exact) mass is 265 g/mol. The molecule has 1 rings (SSSR count). The van der Waals surface area contributed by atoms with Gasteiger partial charge in [0.15, 0.2) is 0 Å². The van der Waals surface area contributed by atoms with Gasteiger partial charge < -0.3 is 20.7 Å². The van der Waals surface area contributed by atoms with Crippen molar-refractivity contribution in [1.82, 2.24) is 4.90 Å². The molecule has 0 heterocycles. The van der Waals surface area contributed by atoms with Gasteiger partial charge in [-0.05, 0) is 19.9 Å². The van der Waals surface area contributed by atoms with E-state index < -0.39 is 0 Å². The second-order valence-corrected chi connectivity index (χ2v) is 4.92. The van der Waals surface area contributed by atoms with E-state index in [-0.39, 0.29) is 12.0 Å². The lowest BCUT2D eigenvalue weighted by Crippen LogP contribution is -2.23. The first-order valence-electron chi connectivity index (χ1n) is 6.39. The summed E-state index contributed by atoms with van der Waals surface area (Å²) in [7, 11) is 3.49. The molecule has 0 radical (unpaired) electrons. The van der Waals surface area contributed by atoms with Crippen LogP contribution in [0.4, 0.5) is 11.4 Å².